The van der Waals surface area contributed by atoms with Gasteiger partial charge >= 0.3 is 5.69 Å². The Kier molecular flexibility index (Phi) is 6.75. The number of hydrazine groups is 1. The number of anilines is 2. The first kappa shape index (κ1) is 20.0. The van der Waals surface area contributed by atoms with Crippen molar-refractivity contribution in [1.82, 2.24) is 15.4 Å². The third kappa shape index (κ3) is 5.16. The highest BCUT2D eigenvalue weighted by molar-refractivity contribution is 9.10. The fourth-order valence-electron chi connectivity index (χ4n) is 3.16. The van der Waals surface area contributed by atoms with E-state index in [-0.39, 0.29) is 23.4 Å². The number of carbonyl (C=O) groups is 1. The van der Waals surface area contributed by atoms with Crippen LogP contribution >= 0.6 is 15.9 Å². The second-order valence-electron chi connectivity index (χ2n) is 6.60. The average Bonchev–Trinajstić information content (AvgIpc) is 2.95. The molecule has 0 saturated heterocycles. The predicted octanol–water partition coefficient (Wildman–Crippen LogP) is 4.04. The van der Waals surface area contributed by atoms with Gasteiger partial charge in [-0.25, -0.2) is 9.97 Å². The Hall–Kier alpha value is -2.75. The summed E-state index contributed by atoms with van der Waals surface area (Å²) in [6.07, 6.45) is 7.67. The fraction of sp³-hybridized carbons (Fsp3) is 0.389. The zero-order valence-corrected chi connectivity index (χ0v) is 16.7. The van der Waals surface area contributed by atoms with Crippen LogP contribution in [0.3, 0.4) is 0 Å². The smallest absolute Gasteiger partial charge is 0.354 e. The predicted molar refractivity (Wildman–Crippen MR) is 109 cm³/mol. The molecule has 1 saturated carbocycles. The lowest BCUT2D eigenvalue weighted by Gasteiger charge is -2.17. The largest absolute Gasteiger partial charge is 0.361 e. The number of hydrogen-bond donors (Lipinski definition) is 3. The molecular formula is C18H21BrN6O3. The number of nitrogens with zero attached hydrogens (tertiary/aromatic N) is 3. The lowest BCUT2D eigenvalue weighted by molar-refractivity contribution is -0.383. The number of rotatable bonds is 6. The van der Waals surface area contributed by atoms with Gasteiger partial charge in [-0.05, 0) is 37.1 Å². The van der Waals surface area contributed by atoms with Crippen LogP contribution in [0, 0.1) is 10.1 Å². The van der Waals surface area contributed by atoms with Gasteiger partial charge in [0.15, 0.2) is 0 Å². The molecule has 0 spiro atoms. The molecule has 1 amide bonds. The first-order valence-electron chi connectivity index (χ1n) is 9.12. The van der Waals surface area contributed by atoms with E-state index >= 15 is 0 Å². The van der Waals surface area contributed by atoms with Gasteiger partial charge in [-0.1, -0.05) is 41.6 Å². The highest BCUT2D eigenvalue weighted by atomic mass is 79.9. The minimum absolute atomic E-state index is 0.0680. The number of aromatic nitrogens is 2. The molecule has 1 aliphatic rings. The van der Waals surface area contributed by atoms with E-state index < -0.39 is 10.8 Å². The molecule has 0 unspecified atom stereocenters. The maximum Gasteiger partial charge on any atom is 0.354 e. The maximum atomic E-state index is 12.2. The SMILES string of the molecule is O=C(NNc1ncnc(NC2CCCCCC2)c1[N+](=O)[O-])c1ccc(Br)cc1. The van der Waals surface area contributed by atoms with Crippen LogP contribution < -0.4 is 16.2 Å². The second kappa shape index (κ2) is 9.45. The molecule has 3 rings (SSSR count). The third-order valence-corrected chi connectivity index (χ3v) is 5.13. The molecule has 1 fully saturated rings. The van der Waals surface area contributed by atoms with E-state index in [2.05, 4.69) is 42.1 Å². The van der Waals surface area contributed by atoms with Crippen molar-refractivity contribution in [2.45, 2.75) is 44.6 Å². The van der Waals surface area contributed by atoms with Crippen LogP contribution in [-0.4, -0.2) is 26.8 Å². The molecule has 1 heterocycles. The molecule has 28 heavy (non-hydrogen) atoms. The van der Waals surface area contributed by atoms with Gasteiger partial charge in [0.2, 0.25) is 11.6 Å². The quantitative estimate of drug-likeness (QED) is 0.346. The van der Waals surface area contributed by atoms with Crippen LogP contribution in [0.25, 0.3) is 0 Å². The van der Waals surface area contributed by atoms with E-state index in [0.717, 1.165) is 30.2 Å². The van der Waals surface area contributed by atoms with E-state index in [0.29, 0.717) is 5.56 Å². The normalized spacial score (nSPS) is 14.8. The van der Waals surface area contributed by atoms with Gasteiger partial charge in [0.1, 0.15) is 6.33 Å². The summed E-state index contributed by atoms with van der Waals surface area (Å²) >= 11 is 3.30. The van der Waals surface area contributed by atoms with E-state index in [9.17, 15) is 14.9 Å². The van der Waals surface area contributed by atoms with E-state index in [1.54, 1.807) is 24.3 Å². The summed E-state index contributed by atoms with van der Waals surface area (Å²) in [7, 11) is 0. The van der Waals surface area contributed by atoms with Crippen LogP contribution in [0.15, 0.2) is 35.1 Å². The average molecular weight is 449 g/mol. The molecule has 10 heteroatoms. The molecule has 0 radical (unpaired) electrons. The summed E-state index contributed by atoms with van der Waals surface area (Å²) in [5.74, 6) is -0.340. The lowest BCUT2D eigenvalue weighted by atomic mass is 10.1. The van der Waals surface area contributed by atoms with Crippen LogP contribution in [0.1, 0.15) is 48.9 Å². The van der Waals surface area contributed by atoms with Crippen molar-refractivity contribution < 1.29 is 9.72 Å². The monoisotopic (exact) mass is 448 g/mol. The maximum absolute atomic E-state index is 12.2. The van der Waals surface area contributed by atoms with Crippen molar-refractivity contribution in [3.8, 4) is 0 Å². The Morgan fingerprint density at radius 1 is 1.07 bits per heavy atom. The van der Waals surface area contributed by atoms with Crippen molar-refractivity contribution in [3.05, 3.63) is 50.7 Å². The van der Waals surface area contributed by atoms with Crippen LogP contribution in [0.5, 0.6) is 0 Å². The Morgan fingerprint density at radius 3 is 2.36 bits per heavy atom. The summed E-state index contributed by atoms with van der Waals surface area (Å²) in [6, 6.07) is 6.87. The van der Waals surface area contributed by atoms with Crippen LogP contribution in [0.2, 0.25) is 0 Å². The van der Waals surface area contributed by atoms with Gasteiger partial charge in [-0.3, -0.25) is 25.8 Å². The number of halogens is 1. The summed E-state index contributed by atoms with van der Waals surface area (Å²) in [5, 5.41) is 14.8. The van der Waals surface area contributed by atoms with E-state index in [1.165, 1.54) is 19.2 Å². The summed E-state index contributed by atoms with van der Waals surface area (Å²) < 4.78 is 0.845. The molecule has 1 aromatic heterocycles. The molecule has 148 valence electrons. The van der Waals surface area contributed by atoms with Crippen molar-refractivity contribution in [2.75, 3.05) is 10.7 Å². The van der Waals surface area contributed by atoms with E-state index in [1.807, 2.05) is 0 Å². The first-order chi connectivity index (χ1) is 13.5. The Morgan fingerprint density at radius 2 is 1.71 bits per heavy atom. The third-order valence-electron chi connectivity index (χ3n) is 4.60. The molecule has 0 atom stereocenters. The first-order valence-corrected chi connectivity index (χ1v) is 9.92. The molecule has 0 aliphatic heterocycles. The van der Waals surface area contributed by atoms with Crippen molar-refractivity contribution >= 4 is 39.2 Å². The van der Waals surface area contributed by atoms with Crippen molar-refractivity contribution in [3.63, 3.8) is 0 Å². The molecule has 3 N–H and O–H groups in total. The zero-order chi connectivity index (χ0) is 19.9. The second-order valence-corrected chi connectivity index (χ2v) is 7.51. The van der Waals surface area contributed by atoms with Gasteiger partial charge in [0, 0.05) is 16.1 Å². The number of benzene rings is 1. The van der Waals surface area contributed by atoms with Gasteiger partial charge in [0.05, 0.1) is 4.92 Å². The van der Waals surface area contributed by atoms with Crippen molar-refractivity contribution in [2.24, 2.45) is 0 Å². The van der Waals surface area contributed by atoms with Crippen molar-refractivity contribution in [1.29, 1.82) is 0 Å². The highest BCUT2D eigenvalue weighted by Crippen LogP contribution is 2.30. The summed E-state index contributed by atoms with van der Waals surface area (Å²) in [4.78, 5) is 31.3. The zero-order valence-electron chi connectivity index (χ0n) is 15.2. The van der Waals surface area contributed by atoms with Crippen LogP contribution in [0.4, 0.5) is 17.3 Å². The molecule has 1 aromatic carbocycles. The summed E-state index contributed by atoms with van der Waals surface area (Å²) in [5.41, 5.74) is 5.12. The lowest BCUT2D eigenvalue weighted by Crippen LogP contribution is -2.30. The Bertz CT molecular complexity index is 838. The Balaban J connectivity index is 1.74. The molecule has 9 nitrogen and oxygen atoms in total. The molecule has 0 bridgehead atoms. The van der Waals surface area contributed by atoms with Gasteiger partial charge in [-0.15, -0.1) is 0 Å². The highest BCUT2D eigenvalue weighted by Gasteiger charge is 2.25. The summed E-state index contributed by atoms with van der Waals surface area (Å²) in [6.45, 7) is 0. The standard InChI is InChI=1S/C18H21BrN6O3/c19-13-9-7-12(8-10-13)18(26)24-23-17-15(25(27)28)16(20-11-21-17)22-14-5-3-1-2-4-6-14/h7-11,14H,1-6H2,(H,24,26)(H2,20,21,22,23). The van der Waals surface area contributed by atoms with Crippen LogP contribution in [-0.2, 0) is 0 Å². The van der Waals surface area contributed by atoms with Gasteiger partial charge in [0.25, 0.3) is 5.91 Å². The van der Waals surface area contributed by atoms with Gasteiger partial charge < -0.3 is 5.32 Å². The number of hydrogen-bond acceptors (Lipinski definition) is 7. The van der Waals surface area contributed by atoms with Gasteiger partial charge in [-0.2, -0.15) is 0 Å². The molecular weight excluding hydrogens is 428 g/mol. The topological polar surface area (TPSA) is 122 Å². The molecule has 1 aliphatic carbocycles. The Labute approximate surface area is 170 Å². The number of carbonyl (C=O) groups excluding carboxylic acids is 1. The minimum Gasteiger partial charge on any atom is -0.361 e. The number of nitro groups is 1. The minimum atomic E-state index is -0.548. The van der Waals surface area contributed by atoms with E-state index in [4.69, 9.17) is 0 Å². The number of amides is 1. The fourth-order valence-corrected chi connectivity index (χ4v) is 3.42. The molecule has 2 aromatic rings. The number of nitrogens with one attached hydrogen (secondary N) is 3.